The molecule has 0 radical (unpaired) electrons. The molecule has 0 atom stereocenters. The molecule has 1 amide bonds. The summed E-state index contributed by atoms with van der Waals surface area (Å²) in [6.45, 7) is 1.53. The van der Waals surface area contributed by atoms with Crippen molar-refractivity contribution in [2.75, 3.05) is 20.2 Å². The van der Waals surface area contributed by atoms with Crippen LogP contribution >= 0.6 is 11.3 Å². The van der Waals surface area contributed by atoms with Gasteiger partial charge in [-0.3, -0.25) is 4.79 Å². The van der Waals surface area contributed by atoms with Crippen LogP contribution in [0, 0.1) is 0 Å². The molecule has 2 fully saturated rings. The first-order valence-electron chi connectivity index (χ1n) is 10.5. The molecule has 0 bridgehead atoms. The average molecular weight is 449 g/mol. The van der Waals surface area contributed by atoms with Gasteiger partial charge in [0.15, 0.2) is 0 Å². The van der Waals surface area contributed by atoms with E-state index in [0.717, 1.165) is 54.7 Å². The Balaban J connectivity index is 1.40. The van der Waals surface area contributed by atoms with Crippen LogP contribution in [0.25, 0.3) is 0 Å². The first-order chi connectivity index (χ1) is 14.5. The highest BCUT2D eigenvalue weighted by atomic mass is 32.2. The zero-order valence-electron chi connectivity index (χ0n) is 17.2. The lowest BCUT2D eigenvalue weighted by Gasteiger charge is -2.18. The van der Waals surface area contributed by atoms with Crippen molar-refractivity contribution >= 4 is 27.3 Å². The van der Waals surface area contributed by atoms with Gasteiger partial charge in [-0.15, -0.1) is 11.3 Å². The number of thiophene rings is 1. The van der Waals surface area contributed by atoms with E-state index >= 15 is 0 Å². The molecule has 0 spiro atoms. The van der Waals surface area contributed by atoms with Gasteiger partial charge in [-0.2, -0.15) is 4.31 Å². The quantitative estimate of drug-likeness (QED) is 0.701. The highest BCUT2D eigenvalue weighted by molar-refractivity contribution is 7.91. The fourth-order valence-corrected chi connectivity index (χ4v) is 6.99. The van der Waals surface area contributed by atoms with E-state index in [4.69, 9.17) is 4.74 Å². The first-order valence-corrected chi connectivity index (χ1v) is 12.7. The van der Waals surface area contributed by atoms with Gasteiger partial charge in [0, 0.05) is 18.0 Å². The Hall–Kier alpha value is -1.90. The molecule has 1 saturated heterocycles. The highest BCUT2D eigenvalue weighted by Gasteiger charge is 2.51. The lowest BCUT2D eigenvalue weighted by atomic mass is 9.95. The number of benzene rings is 1. The third-order valence-corrected chi connectivity index (χ3v) is 9.50. The van der Waals surface area contributed by atoms with Crippen molar-refractivity contribution in [2.24, 2.45) is 0 Å². The van der Waals surface area contributed by atoms with Crippen molar-refractivity contribution in [3.05, 3.63) is 46.8 Å². The SMILES string of the molecule is COc1ccc(C2(C(=O)NCc3ccc(S(=O)(=O)N4CCCCCC4)s3)CC2)cc1. The maximum atomic E-state index is 12.9. The second-order valence-electron chi connectivity index (χ2n) is 8.03. The second-order valence-corrected chi connectivity index (χ2v) is 11.4. The average Bonchev–Trinajstić information content (AvgIpc) is 3.50. The van der Waals surface area contributed by atoms with Crippen molar-refractivity contribution in [1.82, 2.24) is 9.62 Å². The largest absolute Gasteiger partial charge is 0.497 e. The topological polar surface area (TPSA) is 75.7 Å². The fraction of sp³-hybridized carbons (Fsp3) is 0.500. The Morgan fingerprint density at radius 1 is 1.07 bits per heavy atom. The van der Waals surface area contributed by atoms with Gasteiger partial charge in [0.05, 0.1) is 19.1 Å². The number of hydrogen-bond donors (Lipinski definition) is 1. The van der Waals surface area contributed by atoms with E-state index in [1.54, 1.807) is 17.5 Å². The molecule has 1 saturated carbocycles. The summed E-state index contributed by atoms with van der Waals surface area (Å²) >= 11 is 1.25. The van der Waals surface area contributed by atoms with Crippen LogP contribution in [0.5, 0.6) is 5.75 Å². The summed E-state index contributed by atoms with van der Waals surface area (Å²) in [6.07, 6.45) is 5.66. The number of rotatable bonds is 7. The Morgan fingerprint density at radius 2 is 1.73 bits per heavy atom. The van der Waals surface area contributed by atoms with Crippen LogP contribution in [0.4, 0.5) is 0 Å². The molecule has 0 unspecified atom stereocenters. The van der Waals surface area contributed by atoms with E-state index in [1.165, 1.54) is 11.3 Å². The van der Waals surface area contributed by atoms with E-state index in [2.05, 4.69) is 5.32 Å². The summed E-state index contributed by atoms with van der Waals surface area (Å²) in [5, 5.41) is 3.01. The van der Waals surface area contributed by atoms with Crippen molar-refractivity contribution < 1.29 is 17.9 Å². The highest BCUT2D eigenvalue weighted by Crippen LogP contribution is 2.48. The van der Waals surface area contributed by atoms with Crippen molar-refractivity contribution in [3.63, 3.8) is 0 Å². The maximum Gasteiger partial charge on any atom is 0.252 e. The third kappa shape index (κ3) is 4.26. The summed E-state index contributed by atoms with van der Waals surface area (Å²) in [7, 11) is -1.82. The van der Waals surface area contributed by atoms with Crippen molar-refractivity contribution in [1.29, 1.82) is 0 Å². The van der Waals surface area contributed by atoms with Crippen LogP contribution < -0.4 is 10.1 Å². The fourth-order valence-electron chi connectivity index (χ4n) is 4.02. The molecule has 1 aromatic heterocycles. The minimum Gasteiger partial charge on any atom is -0.497 e. The zero-order chi connectivity index (χ0) is 21.2. The van der Waals surface area contributed by atoms with Gasteiger partial charge in [0.1, 0.15) is 9.96 Å². The van der Waals surface area contributed by atoms with Gasteiger partial charge in [0.25, 0.3) is 10.0 Å². The number of carbonyl (C=O) groups is 1. The molecule has 1 aromatic carbocycles. The lowest BCUT2D eigenvalue weighted by molar-refractivity contribution is -0.123. The number of ether oxygens (including phenoxy) is 1. The summed E-state index contributed by atoms with van der Waals surface area (Å²) in [5.74, 6) is 0.768. The van der Waals surface area contributed by atoms with E-state index in [-0.39, 0.29) is 5.91 Å². The van der Waals surface area contributed by atoms with Crippen LogP contribution in [0.15, 0.2) is 40.6 Å². The Bertz CT molecular complexity index is 986. The molecule has 2 aliphatic rings. The van der Waals surface area contributed by atoms with E-state index < -0.39 is 15.4 Å². The van der Waals surface area contributed by atoms with Crippen LogP contribution in [0.2, 0.25) is 0 Å². The monoisotopic (exact) mass is 448 g/mol. The van der Waals surface area contributed by atoms with Crippen molar-refractivity contribution in [3.8, 4) is 5.75 Å². The molecular weight excluding hydrogens is 420 g/mol. The summed E-state index contributed by atoms with van der Waals surface area (Å²) in [4.78, 5) is 13.7. The summed E-state index contributed by atoms with van der Waals surface area (Å²) < 4.78 is 33.0. The normalized spacial score (nSPS) is 19.1. The van der Waals surface area contributed by atoms with Crippen LogP contribution in [0.3, 0.4) is 0 Å². The molecular formula is C22H28N2O4S2. The second kappa shape index (κ2) is 8.69. The molecule has 1 aliphatic heterocycles. The Morgan fingerprint density at radius 3 is 2.33 bits per heavy atom. The molecule has 2 aromatic rings. The first kappa shape index (κ1) is 21.3. The molecule has 30 heavy (non-hydrogen) atoms. The number of amides is 1. The van der Waals surface area contributed by atoms with Gasteiger partial charge in [-0.05, 0) is 55.5 Å². The number of hydrogen-bond acceptors (Lipinski definition) is 5. The Labute approximate surface area is 182 Å². The van der Waals surface area contributed by atoms with Gasteiger partial charge in [-0.25, -0.2) is 8.42 Å². The minimum absolute atomic E-state index is 0.00186. The van der Waals surface area contributed by atoms with Crippen LogP contribution in [0.1, 0.15) is 49.0 Å². The predicted octanol–water partition coefficient (Wildman–Crippen LogP) is 3.67. The molecule has 162 valence electrons. The summed E-state index contributed by atoms with van der Waals surface area (Å²) in [5.41, 5.74) is 0.529. The number of carbonyl (C=O) groups excluding carboxylic acids is 1. The maximum absolute atomic E-state index is 12.9. The van der Waals surface area contributed by atoms with Crippen LogP contribution in [-0.4, -0.2) is 38.8 Å². The molecule has 1 N–H and O–H groups in total. The Kier molecular flexibility index (Phi) is 6.18. The number of nitrogens with one attached hydrogen (secondary N) is 1. The number of methoxy groups -OCH3 is 1. The van der Waals surface area contributed by atoms with Crippen LogP contribution in [-0.2, 0) is 26.8 Å². The zero-order valence-corrected chi connectivity index (χ0v) is 18.9. The van der Waals surface area contributed by atoms with E-state index in [9.17, 15) is 13.2 Å². The minimum atomic E-state index is -3.44. The van der Waals surface area contributed by atoms with E-state index in [1.807, 2.05) is 30.3 Å². The van der Waals surface area contributed by atoms with Gasteiger partial charge in [0.2, 0.25) is 5.91 Å². The summed E-state index contributed by atoms with van der Waals surface area (Å²) in [6, 6.07) is 11.1. The molecule has 1 aliphatic carbocycles. The molecule has 6 nitrogen and oxygen atoms in total. The number of nitrogens with zero attached hydrogens (tertiary/aromatic N) is 1. The standard InChI is InChI=1S/C22H28N2O4S2/c1-28-18-8-6-17(7-9-18)22(12-13-22)21(25)23-16-19-10-11-20(29-19)30(26,27)24-14-4-2-3-5-15-24/h6-11H,2-5,12-16H2,1H3,(H,23,25). The molecule has 8 heteroatoms. The molecule has 2 heterocycles. The van der Waals surface area contributed by atoms with Gasteiger partial charge in [-0.1, -0.05) is 25.0 Å². The number of sulfonamides is 1. The smallest absolute Gasteiger partial charge is 0.252 e. The van der Waals surface area contributed by atoms with Gasteiger partial charge < -0.3 is 10.1 Å². The van der Waals surface area contributed by atoms with Crippen molar-refractivity contribution in [2.45, 2.75) is 54.7 Å². The van der Waals surface area contributed by atoms with Gasteiger partial charge >= 0.3 is 0 Å². The third-order valence-electron chi connectivity index (χ3n) is 6.05. The molecule has 4 rings (SSSR count). The lowest BCUT2D eigenvalue weighted by Crippen LogP contribution is -2.34. The van der Waals surface area contributed by atoms with E-state index in [0.29, 0.717) is 23.8 Å². The predicted molar refractivity (Wildman–Crippen MR) is 117 cm³/mol.